The number of ether oxygens (including phenoxy) is 1. The number of nitrogens with zero attached hydrogens (tertiary/aromatic N) is 1. The van der Waals surface area contributed by atoms with Crippen LogP contribution in [0.2, 0.25) is 0 Å². The Bertz CT molecular complexity index is 904. The quantitative estimate of drug-likeness (QED) is 0.665. The van der Waals surface area contributed by atoms with E-state index in [1.54, 1.807) is 29.5 Å². The van der Waals surface area contributed by atoms with Crippen LogP contribution in [0.1, 0.15) is 44.1 Å². The Hall–Kier alpha value is -2.41. The van der Waals surface area contributed by atoms with Crippen molar-refractivity contribution in [2.75, 3.05) is 19.7 Å². The number of hydrogen-bond donors (Lipinski definition) is 1. The molecule has 2 aromatic rings. The van der Waals surface area contributed by atoms with Crippen LogP contribution >= 0.6 is 11.3 Å². The number of benzene rings is 1. The number of thiophene rings is 1. The molecule has 2 saturated heterocycles. The number of carbonyl (C=O) groups is 2. The third-order valence-electron chi connectivity index (χ3n) is 6.36. The molecule has 5 nitrogen and oxygen atoms in total. The number of amides is 2. The highest BCUT2D eigenvalue weighted by molar-refractivity contribution is 7.07. The fraction of sp³-hybridized carbons (Fsp3) is 0.500. The number of nitrogens with one attached hydrogen (secondary N) is 1. The van der Waals surface area contributed by atoms with Gasteiger partial charge in [0.15, 0.2) is 11.6 Å². The lowest BCUT2D eigenvalue weighted by atomic mass is 9.85. The minimum Gasteiger partial charge on any atom is -0.490 e. The molecule has 3 heterocycles. The molecule has 1 N–H and O–H groups in total. The first-order valence-electron chi connectivity index (χ1n) is 11.0. The lowest BCUT2D eigenvalue weighted by Crippen LogP contribution is -2.46. The minimum absolute atomic E-state index is 0.0750. The second-order valence-electron chi connectivity index (χ2n) is 8.73. The van der Waals surface area contributed by atoms with Crippen molar-refractivity contribution in [3.05, 3.63) is 52.5 Å². The molecule has 0 aliphatic carbocycles. The van der Waals surface area contributed by atoms with Crippen molar-refractivity contribution in [3.63, 3.8) is 0 Å². The van der Waals surface area contributed by atoms with Crippen LogP contribution in [0.5, 0.6) is 5.75 Å². The van der Waals surface area contributed by atoms with Gasteiger partial charge in [0, 0.05) is 37.4 Å². The number of hydrogen-bond acceptors (Lipinski definition) is 4. The van der Waals surface area contributed by atoms with E-state index >= 15 is 0 Å². The summed E-state index contributed by atoms with van der Waals surface area (Å²) in [6, 6.07) is 8.50. The second-order valence-corrected chi connectivity index (χ2v) is 9.51. The Labute approximate surface area is 186 Å². The maximum atomic E-state index is 13.8. The summed E-state index contributed by atoms with van der Waals surface area (Å²) in [5.41, 5.74) is 0.889. The Morgan fingerprint density at radius 2 is 2.19 bits per heavy atom. The molecule has 4 rings (SSSR count). The van der Waals surface area contributed by atoms with Gasteiger partial charge in [-0.3, -0.25) is 9.59 Å². The van der Waals surface area contributed by atoms with Crippen LogP contribution in [-0.4, -0.2) is 41.9 Å². The Balaban J connectivity index is 1.30. The smallest absolute Gasteiger partial charge is 0.222 e. The number of para-hydroxylation sites is 1. The highest BCUT2D eigenvalue weighted by atomic mass is 32.1. The van der Waals surface area contributed by atoms with Crippen molar-refractivity contribution in [2.24, 2.45) is 5.92 Å². The summed E-state index contributed by atoms with van der Waals surface area (Å²) in [6.45, 7) is 1.79. The SMILES string of the molecule is O=C1CC[C@@](CCC(=O)N2CCC[C@@H](COc3ccccc3F)C2)(Cc2ccsc2)N1. The Morgan fingerprint density at radius 1 is 1.32 bits per heavy atom. The molecule has 1 aromatic heterocycles. The van der Waals surface area contributed by atoms with E-state index in [4.69, 9.17) is 4.74 Å². The summed E-state index contributed by atoms with van der Waals surface area (Å²) in [7, 11) is 0. The molecule has 2 fully saturated rings. The molecule has 0 radical (unpaired) electrons. The molecule has 0 saturated carbocycles. The van der Waals surface area contributed by atoms with E-state index in [1.165, 1.54) is 11.6 Å². The molecule has 2 atom stereocenters. The lowest BCUT2D eigenvalue weighted by Gasteiger charge is -2.34. The van der Waals surface area contributed by atoms with E-state index < -0.39 is 0 Å². The fourth-order valence-electron chi connectivity index (χ4n) is 4.67. The third-order valence-corrected chi connectivity index (χ3v) is 7.09. The van der Waals surface area contributed by atoms with Crippen molar-refractivity contribution in [2.45, 2.75) is 50.5 Å². The highest BCUT2D eigenvalue weighted by Crippen LogP contribution is 2.31. The second kappa shape index (κ2) is 9.81. The van der Waals surface area contributed by atoms with Crippen molar-refractivity contribution in [3.8, 4) is 5.75 Å². The van der Waals surface area contributed by atoms with E-state index in [1.807, 2.05) is 10.3 Å². The van der Waals surface area contributed by atoms with Crippen LogP contribution in [0.3, 0.4) is 0 Å². The van der Waals surface area contributed by atoms with Gasteiger partial charge in [0.05, 0.1) is 6.61 Å². The number of rotatable bonds is 8. The topological polar surface area (TPSA) is 58.6 Å². The summed E-state index contributed by atoms with van der Waals surface area (Å²) in [4.78, 5) is 26.8. The van der Waals surface area contributed by atoms with Gasteiger partial charge in [-0.15, -0.1) is 0 Å². The maximum Gasteiger partial charge on any atom is 0.222 e. The van der Waals surface area contributed by atoms with Crippen molar-refractivity contribution >= 4 is 23.2 Å². The fourth-order valence-corrected chi connectivity index (χ4v) is 5.34. The van der Waals surface area contributed by atoms with Gasteiger partial charge in [0.2, 0.25) is 11.8 Å². The molecule has 7 heteroatoms. The standard InChI is InChI=1S/C24H29FN2O3S/c25-20-5-1-2-6-21(20)30-16-19-4-3-12-27(15-19)23(29)8-11-24(10-7-22(28)26-24)14-18-9-13-31-17-18/h1-2,5-6,9,13,17,19H,3-4,7-8,10-12,14-16H2,(H,26,28)/t19-,24-/m1/s1. The first kappa shape index (κ1) is 21.8. The predicted molar refractivity (Wildman–Crippen MR) is 119 cm³/mol. The molecule has 166 valence electrons. The monoisotopic (exact) mass is 444 g/mol. The van der Waals surface area contributed by atoms with Crippen LogP contribution in [0.25, 0.3) is 0 Å². The van der Waals surface area contributed by atoms with Crippen LogP contribution < -0.4 is 10.1 Å². The summed E-state index contributed by atoms with van der Waals surface area (Å²) >= 11 is 1.65. The summed E-state index contributed by atoms with van der Waals surface area (Å²) in [5.74, 6) is 0.301. The largest absolute Gasteiger partial charge is 0.490 e. The molecular weight excluding hydrogens is 415 g/mol. The van der Waals surface area contributed by atoms with Gasteiger partial charge in [0.25, 0.3) is 0 Å². The zero-order valence-electron chi connectivity index (χ0n) is 17.6. The van der Waals surface area contributed by atoms with Crippen LogP contribution in [0, 0.1) is 11.7 Å². The number of likely N-dealkylation sites (tertiary alicyclic amines) is 1. The Morgan fingerprint density at radius 3 is 2.94 bits per heavy atom. The van der Waals surface area contributed by atoms with Crippen LogP contribution in [0.4, 0.5) is 4.39 Å². The molecule has 0 bridgehead atoms. The van der Waals surface area contributed by atoms with Gasteiger partial charge >= 0.3 is 0 Å². The van der Waals surface area contributed by atoms with E-state index in [2.05, 4.69) is 16.8 Å². The number of carbonyl (C=O) groups excluding carboxylic acids is 2. The van der Waals surface area contributed by atoms with Crippen LogP contribution in [-0.2, 0) is 16.0 Å². The molecule has 0 unspecified atom stereocenters. The summed E-state index contributed by atoms with van der Waals surface area (Å²) < 4.78 is 19.5. The lowest BCUT2D eigenvalue weighted by molar-refractivity contribution is -0.134. The Kier molecular flexibility index (Phi) is 6.90. The van der Waals surface area contributed by atoms with Gasteiger partial charge in [-0.05, 0) is 66.6 Å². The highest BCUT2D eigenvalue weighted by Gasteiger charge is 2.38. The molecule has 1 aromatic carbocycles. The molecule has 2 amide bonds. The number of piperidine rings is 1. The van der Waals surface area contributed by atoms with E-state index in [0.29, 0.717) is 32.4 Å². The average Bonchev–Trinajstić information content (AvgIpc) is 3.42. The van der Waals surface area contributed by atoms with E-state index in [0.717, 1.165) is 32.2 Å². The van der Waals surface area contributed by atoms with Gasteiger partial charge < -0.3 is 15.0 Å². The minimum atomic E-state index is -0.360. The van der Waals surface area contributed by atoms with Gasteiger partial charge in [-0.25, -0.2) is 4.39 Å². The third kappa shape index (κ3) is 5.64. The molecule has 2 aliphatic rings. The zero-order valence-corrected chi connectivity index (χ0v) is 18.5. The van der Waals surface area contributed by atoms with E-state index in [-0.39, 0.29) is 34.8 Å². The molecule has 0 spiro atoms. The first-order chi connectivity index (χ1) is 15.0. The average molecular weight is 445 g/mol. The zero-order chi connectivity index (χ0) is 21.7. The van der Waals surface area contributed by atoms with Crippen molar-refractivity contribution < 1.29 is 18.7 Å². The normalized spacial score (nSPS) is 23.6. The van der Waals surface area contributed by atoms with Gasteiger partial charge in [-0.1, -0.05) is 12.1 Å². The van der Waals surface area contributed by atoms with Crippen molar-refractivity contribution in [1.29, 1.82) is 0 Å². The van der Waals surface area contributed by atoms with Gasteiger partial charge in [-0.2, -0.15) is 11.3 Å². The van der Waals surface area contributed by atoms with Gasteiger partial charge in [0.1, 0.15) is 0 Å². The molecule has 2 aliphatic heterocycles. The maximum absolute atomic E-state index is 13.8. The molecule has 31 heavy (non-hydrogen) atoms. The molecular formula is C24H29FN2O3S. The summed E-state index contributed by atoms with van der Waals surface area (Å²) in [6.07, 6.45) is 5.04. The van der Waals surface area contributed by atoms with Crippen LogP contribution in [0.15, 0.2) is 41.1 Å². The predicted octanol–water partition coefficient (Wildman–Crippen LogP) is 4.18. The van der Waals surface area contributed by atoms with Crippen molar-refractivity contribution in [1.82, 2.24) is 10.2 Å². The van der Waals surface area contributed by atoms with E-state index in [9.17, 15) is 14.0 Å². The summed E-state index contributed by atoms with van der Waals surface area (Å²) in [5, 5.41) is 7.31. The number of halogens is 1. The first-order valence-corrected chi connectivity index (χ1v) is 11.9.